The molecule has 7 heteroatoms. The molecular formula is C19H29N3O4. The number of ether oxygens (including phenoxy) is 2. The molecule has 0 saturated carbocycles. The predicted octanol–water partition coefficient (Wildman–Crippen LogP) is 1.74. The molecule has 2 amide bonds. The molecule has 2 rings (SSSR count). The molecule has 0 spiro atoms. The highest BCUT2D eigenvalue weighted by atomic mass is 16.5. The smallest absolute Gasteiger partial charge is 0.257 e. The number of rotatable bonds is 2. The first-order valence-corrected chi connectivity index (χ1v) is 8.88. The van der Waals surface area contributed by atoms with Crippen LogP contribution >= 0.6 is 0 Å². The Morgan fingerprint density at radius 1 is 1.38 bits per heavy atom. The van der Waals surface area contributed by atoms with Crippen LogP contribution in [0.1, 0.15) is 31.1 Å². The summed E-state index contributed by atoms with van der Waals surface area (Å²) in [7, 11) is 3.42. The van der Waals surface area contributed by atoms with Crippen molar-refractivity contribution in [2.75, 3.05) is 39.2 Å². The molecule has 0 aromatic heterocycles. The number of nitrogens with one attached hydrogen (secondary N) is 2. The van der Waals surface area contributed by atoms with Gasteiger partial charge in [0.05, 0.1) is 11.7 Å². The zero-order valence-corrected chi connectivity index (χ0v) is 16.2. The third kappa shape index (κ3) is 5.19. The fourth-order valence-corrected chi connectivity index (χ4v) is 2.94. The van der Waals surface area contributed by atoms with Gasteiger partial charge >= 0.3 is 0 Å². The van der Waals surface area contributed by atoms with Gasteiger partial charge in [0.25, 0.3) is 5.91 Å². The number of hydrogen-bond acceptors (Lipinski definition) is 5. The number of nitrogens with zero attached hydrogens (tertiary/aromatic N) is 1. The normalized spacial score (nSPS) is 24.7. The quantitative estimate of drug-likeness (QED) is 0.837. The second kappa shape index (κ2) is 9.00. The van der Waals surface area contributed by atoms with E-state index in [1.54, 1.807) is 37.3 Å². The molecular weight excluding hydrogens is 334 g/mol. The molecule has 0 fully saturated rings. The zero-order chi connectivity index (χ0) is 19.3. The fraction of sp³-hybridized carbons (Fsp3) is 0.579. The van der Waals surface area contributed by atoms with E-state index >= 15 is 0 Å². The van der Waals surface area contributed by atoms with Gasteiger partial charge in [0, 0.05) is 45.9 Å². The average Bonchev–Trinajstić information content (AvgIpc) is 2.60. The minimum Gasteiger partial charge on any atom is -0.491 e. The summed E-state index contributed by atoms with van der Waals surface area (Å²) < 4.78 is 11.5. The second-order valence-electron chi connectivity index (χ2n) is 6.95. The highest BCUT2D eigenvalue weighted by molar-refractivity contribution is 5.99. The van der Waals surface area contributed by atoms with E-state index in [0.29, 0.717) is 30.2 Å². The maximum Gasteiger partial charge on any atom is 0.257 e. The molecule has 2 N–H and O–H groups in total. The van der Waals surface area contributed by atoms with Crippen LogP contribution in [0.25, 0.3) is 0 Å². The molecule has 0 aliphatic carbocycles. The van der Waals surface area contributed by atoms with Crippen LogP contribution < -0.4 is 15.4 Å². The summed E-state index contributed by atoms with van der Waals surface area (Å²) in [6.07, 6.45) is -0.0778. The van der Waals surface area contributed by atoms with E-state index in [9.17, 15) is 9.59 Å². The monoisotopic (exact) mass is 363 g/mol. The Balaban J connectivity index is 2.37. The van der Waals surface area contributed by atoms with E-state index in [-0.39, 0.29) is 29.9 Å². The number of likely N-dealkylation sites (N-methyl/N-ethyl adjacent to an activating group) is 1. The van der Waals surface area contributed by atoms with Gasteiger partial charge in [-0.25, -0.2) is 0 Å². The highest BCUT2D eigenvalue weighted by Gasteiger charge is 2.25. The van der Waals surface area contributed by atoms with Gasteiger partial charge in [-0.1, -0.05) is 6.92 Å². The van der Waals surface area contributed by atoms with Crippen LogP contribution in [0.3, 0.4) is 0 Å². The molecule has 1 aromatic rings. The largest absolute Gasteiger partial charge is 0.491 e. The number of carbonyl (C=O) groups is 2. The minimum absolute atomic E-state index is 0.0778. The lowest BCUT2D eigenvalue weighted by Crippen LogP contribution is -2.44. The summed E-state index contributed by atoms with van der Waals surface area (Å²) in [5.74, 6) is 0.392. The molecule has 1 aliphatic heterocycles. The van der Waals surface area contributed by atoms with E-state index in [0.717, 1.165) is 6.54 Å². The minimum atomic E-state index is -0.189. The van der Waals surface area contributed by atoms with Crippen LogP contribution in [0.4, 0.5) is 5.69 Å². The molecule has 7 nitrogen and oxygen atoms in total. The first kappa shape index (κ1) is 20.2. The molecule has 0 bridgehead atoms. The Kier molecular flexibility index (Phi) is 6.99. The molecule has 0 radical (unpaired) electrons. The number of amides is 2. The van der Waals surface area contributed by atoms with Gasteiger partial charge in [0.1, 0.15) is 12.4 Å². The van der Waals surface area contributed by atoms with Crippen molar-refractivity contribution in [2.45, 2.75) is 32.9 Å². The van der Waals surface area contributed by atoms with Crippen molar-refractivity contribution in [3.8, 4) is 5.75 Å². The van der Waals surface area contributed by atoms with Crippen LogP contribution in [-0.4, -0.2) is 62.7 Å². The number of methoxy groups -OCH3 is 1. The molecule has 0 saturated heterocycles. The first-order chi connectivity index (χ1) is 12.3. The van der Waals surface area contributed by atoms with Gasteiger partial charge in [-0.05, 0) is 31.0 Å². The molecule has 1 aromatic carbocycles. The summed E-state index contributed by atoms with van der Waals surface area (Å²) in [6, 6.07) is 5.24. The zero-order valence-electron chi connectivity index (χ0n) is 16.2. The Labute approximate surface area is 155 Å². The van der Waals surface area contributed by atoms with Crippen LogP contribution in [0, 0.1) is 5.92 Å². The summed E-state index contributed by atoms with van der Waals surface area (Å²) in [4.78, 5) is 26.0. The van der Waals surface area contributed by atoms with E-state index in [4.69, 9.17) is 9.47 Å². The predicted molar refractivity (Wildman–Crippen MR) is 101 cm³/mol. The van der Waals surface area contributed by atoms with E-state index in [1.807, 2.05) is 6.92 Å². The van der Waals surface area contributed by atoms with E-state index in [1.165, 1.54) is 6.92 Å². The van der Waals surface area contributed by atoms with Crippen LogP contribution in [-0.2, 0) is 9.53 Å². The van der Waals surface area contributed by atoms with Gasteiger partial charge in [-0.2, -0.15) is 0 Å². The highest BCUT2D eigenvalue weighted by Crippen LogP contribution is 2.25. The van der Waals surface area contributed by atoms with Gasteiger partial charge in [-0.3, -0.25) is 9.59 Å². The van der Waals surface area contributed by atoms with Crippen LogP contribution in [0.2, 0.25) is 0 Å². The van der Waals surface area contributed by atoms with Crippen molar-refractivity contribution in [3.63, 3.8) is 0 Å². The van der Waals surface area contributed by atoms with Crippen molar-refractivity contribution < 1.29 is 19.1 Å². The first-order valence-electron chi connectivity index (χ1n) is 8.88. The average molecular weight is 363 g/mol. The SMILES string of the molecule is CO[C@@H]1CN(C)C(=O)c2cc(NC(C)=O)ccc2OC[C@H](C)NC[C@@H]1C. The van der Waals surface area contributed by atoms with Crippen molar-refractivity contribution in [2.24, 2.45) is 5.92 Å². The van der Waals surface area contributed by atoms with E-state index in [2.05, 4.69) is 17.6 Å². The Bertz CT molecular complexity index is 650. The van der Waals surface area contributed by atoms with Crippen LogP contribution in [0.15, 0.2) is 18.2 Å². The van der Waals surface area contributed by atoms with E-state index < -0.39 is 0 Å². The van der Waals surface area contributed by atoms with Gasteiger partial charge < -0.3 is 25.0 Å². The summed E-state index contributed by atoms with van der Waals surface area (Å²) in [5.41, 5.74) is 0.991. The van der Waals surface area contributed by atoms with Crippen molar-refractivity contribution in [3.05, 3.63) is 23.8 Å². The fourth-order valence-electron chi connectivity index (χ4n) is 2.94. The molecule has 3 atom stereocenters. The number of anilines is 1. The molecule has 26 heavy (non-hydrogen) atoms. The lowest BCUT2D eigenvalue weighted by molar-refractivity contribution is -0.114. The van der Waals surface area contributed by atoms with Crippen LogP contribution in [0.5, 0.6) is 5.75 Å². The topological polar surface area (TPSA) is 79.9 Å². The molecule has 0 unspecified atom stereocenters. The summed E-state index contributed by atoms with van der Waals surface area (Å²) in [6.45, 7) is 7.26. The standard InChI is InChI=1S/C19H29N3O4/c1-12-9-20-13(2)11-26-17-7-6-15(21-14(3)23)8-16(17)19(24)22(4)10-18(12)25-5/h6-8,12-13,18,20H,9-11H2,1-5H3,(H,21,23)/t12-,13-,18+/m0/s1. The third-order valence-electron chi connectivity index (χ3n) is 4.55. The van der Waals surface area contributed by atoms with Gasteiger partial charge in [0.2, 0.25) is 5.91 Å². The third-order valence-corrected chi connectivity index (χ3v) is 4.55. The molecule has 1 heterocycles. The molecule has 1 aliphatic rings. The number of carbonyl (C=O) groups excluding carboxylic acids is 2. The Morgan fingerprint density at radius 2 is 2.12 bits per heavy atom. The lowest BCUT2D eigenvalue weighted by Gasteiger charge is -2.30. The van der Waals surface area contributed by atoms with Gasteiger partial charge in [0.15, 0.2) is 0 Å². The van der Waals surface area contributed by atoms with Crippen molar-refractivity contribution in [1.82, 2.24) is 10.2 Å². The summed E-state index contributed by atoms with van der Waals surface area (Å²) in [5, 5.41) is 6.15. The van der Waals surface area contributed by atoms with Gasteiger partial charge in [-0.15, -0.1) is 0 Å². The Morgan fingerprint density at radius 3 is 2.77 bits per heavy atom. The number of benzene rings is 1. The lowest BCUT2D eigenvalue weighted by atomic mass is 10.0. The Hall–Kier alpha value is -2.12. The molecule has 144 valence electrons. The number of fused-ring (bicyclic) bond motifs is 1. The van der Waals surface area contributed by atoms with Crippen molar-refractivity contribution in [1.29, 1.82) is 0 Å². The maximum absolute atomic E-state index is 13.0. The maximum atomic E-state index is 13.0. The summed E-state index contributed by atoms with van der Waals surface area (Å²) >= 11 is 0. The second-order valence-corrected chi connectivity index (χ2v) is 6.95. The number of hydrogen-bond donors (Lipinski definition) is 2. The van der Waals surface area contributed by atoms with Crippen molar-refractivity contribution >= 4 is 17.5 Å².